The van der Waals surface area contributed by atoms with Crippen LogP contribution in [0.2, 0.25) is 5.02 Å². The number of carboxylic acid groups (broad SMARTS) is 1. The van der Waals surface area contributed by atoms with Crippen LogP contribution in [0.4, 0.5) is 11.4 Å². The highest BCUT2D eigenvalue weighted by atomic mass is 35.5. The molecule has 154 valence electrons. The van der Waals surface area contributed by atoms with E-state index in [1.807, 2.05) is 0 Å². The zero-order valence-corrected chi connectivity index (χ0v) is 16.1. The van der Waals surface area contributed by atoms with Crippen molar-refractivity contribution in [1.29, 1.82) is 0 Å². The molecule has 1 atom stereocenters. The molecule has 1 aliphatic heterocycles. The van der Waals surface area contributed by atoms with Gasteiger partial charge in [-0.25, -0.2) is 9.80 Å². The first-order valence-electron chi connectivity index (χ1n) is 8.48. The molecule has 1 heterocycles. The van der Waals surface area contributed by atoms with E-state index in [9.17, 15) is 24.5 Å². The number of carbonyl (C=O) groups is 3. The third-order valence-corrected chi connectivity index (χ3v) is 4.38. The molecule has 0 bridgehead atoms. The standard InChI is InChI=1S/C19H14ClN3O7/c1-10(19(26)27)30-16-14(20)8-11(9-15(16)23(28)29)7-13-17(24)21-22(18(13)25)12-5-3-2-4-6-12/h2-10H,1H3,(H,21,24)(H,26,27)/b13-7-/t10-/m0/s1. The fraction of sp³-hybridized carbons (Fsp3) is 0.105. The average molecular weight is 432 g/mol. The van der Waals surface area contributed by atoms with Gasteiger partial charge in [0.1, 0.15) is 5.57 Å². The molecule has 0 aliphatic carbocycles. The molecule has 10 nitrogen and oxygen atoms in total. The first-order chi connectivity index (χ1) is 14.2. The normalized spacial score (nSPS) is 15.8. The van der Waals surface area contributed by atoms with Crippen LogP contribution in [-0.4, -0.2) is 33.9 Å². The van der Waals surface area contributed by atoms with Gasteiger partial charge in [-0.05, 0) is 36.8 Å². The van der Waals surface area contributed by atoms with E-state index >= 15 is 0 Å². The Bertz CT molecular complexity index is 1090. The molecule has 1 fully saturated rings. The van der Waals surface area contributed by atoms with Crippen LogP contribution in [0.25, 0.3) is 6.08 Å². The number of nitrogens with one attached hydrogen (secondary N) is 1. The number of rotatable bonds is 6. The van der Waals surface area contributed by atoms with Crippen LogP contribution in [0.1, 0.15) is 12.5 Å². The number of nitro benzene ring substituents is 1. The molecule has 0 aromatic heterocycles. The first-order valence-corrected chi connectivity index (χ1v) is 8.86. The van der Waals surface area contributed by atoms with Gasteiger partial charge in [0.15, 0.2) is 6.10 Å². The number of carbonyl (C=O) groups excluding carboxylic acids is 2. The van der Waals surface area contributed by atoms with Crippen LogP contribution in [0.5, 0.6) is 5.75 Å². The molecule has 30 heavy (non-hydrogen) atoms. The number of hydrogen-bond acceptors (Lipinski definition) is 6. The van der Waals surface area contributed by atoms with E-state index in [2.05, 4.69) is 5.43 Å². The lowest BCUT2D eigenvalue weighted by Gasteiger charge is -2.14. The quantitative estimate of drug-likeness (QED) is 0.310. The summed E-state index contributed by atoms with van der Waals surface area (Å²) in [5, 5.41) is 21.2. The van der Waals surface area contributed by atoms with Crippen LogP contribution in [0.3, 0.4) is 0 Å². The van der Waals surface area contributed by atoms with Gasteiger partial charge < -0.3 is 9.84 Å². The van der Waals surface area contributed by atoms with Gasteiger partial charge in [0.05, 0.1) is 15.6 Å². The van der Waals surface area contributed by atoms with E-state index in [4.69, 9.17) is 21.4 Å². The summed E-state index contributed by atoms with van der Waals surface area (Å²) in [6, 6.07) is 10.6. The second-order valence-electron chi connectivity index (χ2n) is 6.18. The van der Waals surface area contributed by atoms with Gasteiger partial charge in [0.25, 0.3) is 11.8 Å². The maximum atomic E-state index is 12.6. The van der Waals surface area contributed by atoms with E-state index < -0.39 is 40.2 Å². The lowest BCUT2D eigenvalue weighted by atomic mass is 10.1. The molecule has 2 aromatic carbocycles. The number of aliphatic carboxylic acids is 1. The molecular formula is C19H14ClN3O7. The van der Waals surface area contributed by atoms with Crippen molar-refractivity contribution in [2.24, 2.45) is 0 Å². The van der Waals surface area contributed by atoms with Gasteiger partial charge >= 0.3 is 11.7 Å². The zero-order chi connectivity index (χ0) is 22.0. The minimum atomic E-state index is -1.38. The van der Waals surface area contributed by atoms with E-state index in [0.717, 1.165) is 17.2 Å². The topological polar surface area (TPSA) is 139 Å². The average Bonchev–Trinajstić information content (AvgIpc) is 2.98. The third kappa shape index (κ3) is 4.08. The van der Waals surface area contributed by atoms with Gasteiger partial charge in [0.2, 0.25) is 5.75 Å². The minimum absolute atomic E-state index is 0.0930. The number of nitrogens with zero attached hydrogens (tertiary/aromatic N) is 2. The summed E-state index contributed by atoms with van der Waals surface area (Å²) in [6.07, 6.45) is -0.226. The van der Waals surface area contributed by atoms with Gasteiger partial charge in [-0.3, -0.25) is 25.1 Å². The largest absolute Gasteiger partial charge is 0.479 e. The number of ether oxygens (including phenoxy) is 1. The van der Waals surface area contributed by atoms with E-state index in [-0.39, 0.29) is 16.2 Å². The number of anilines is 1. The highest BCUT2D eigenvalue weighted by Gasteiger charge is 2.34. The predicted octanol–water partition coefficient (Wildman–Crippen LogP) is 2.56. The number of benzene rings is 2. The Labute approximate surface area is 174 Å². The summed E-state index contributed by atoms with van der Waals surface area (Å²) in [6.45, 7) is 1.19. The fourth-order valence-corrected chi connectivity index (χ4v) is 2.91. The van der Waals surface area contributed by atoms with E-state index in [1.165, 1.54) is 13.0 Å². The number of hydrazine groups is 1. The molecule has 1 aliphatic rings. The van der Waals surface area contributed by atoms with Crippen molar-refractivity contribution in [2.75, 3.05) is 5.01 Å². The monoisotopic (exact) mass is 431 g/mol. The molecule has 0 spiro atoms. The molecule has 3 rings (SSSR count). The summed E-state index contributed by atoms with van der Waals surface area (Å²) in [7, 11) is 0. The molecule has 0 radical (unpaired) electrons. The Kier molecular flexibility index (Phi) is 5.70. The summed E-state index contributed by atoms with van der Waals surface area (Å²) < 4.78 is 5.09. The summed E-state index contributed by atoms with van der Waals surface area (Å²) in [5.41, 5.74) is 2.09. The molecule has 2 N–H and O–H groups in total. The summed E-state index contributed by atoms with van der Waals surface area (Å²) in [4.78, 5) is 46.5. The predicted molar refractivity (Wildman–Crippen MR) is 106 cm³/mol. The second kappa shape index (κ2) is 8.21. The summed E-state index contributed by atoms with van der Waals surface area (Å²) in [5.74, 6) is -3.10. The van der Waals surface area contributed by atoms with Gasteiger partial charge in [-0.2, -0.15) is 0 Å². The smallest absolute Gasteiger partial charge is 0.344 e. The Morgan fingerprint density at radius 2 is 1.97 bits per heavy atom. The highest BCUT2D eigenvalue weighted by molar-refractivity contribution is 6.33. The molecular weight excluding hydrogens is 418 g/mol. The maximum Gasteiger partial charge on any atom is 0.344 e. The minimum Gasteiger partial charge on any atom is -0.479 e. The van der Waals surface area contributed by atoms with Crippen LogP contribution < -0.4 is 15.2 Å². The van der Waals surface area contributed by atoms with Gasteiger partial charge in [0, 0.05) is 6.07 Å². The Balaban J connectivity index is 1.99. The maximum absolute atomic E-state index is 12.6. The van der Waals surface area contributed by atoms with Crippen molar-refractivity contribution in [3.63, 3.8) is 0 Å². The molecule has 2 amide bonds. The van der Waals surface area contributed by atoms with E-state index in [0.29, 0.717) is 5.69 Å². The first kappa shape index (κ1) is 20.8. The van der Waals surface area contributed by atoms with Crippen molar-refractivity contribution in [2.45, 2.75) is 13.0 Å². The third-order valence-electron chi connectivity index (χ3n) is 4.10. The van der Waals surface area contributed by atoms with Crippen molar-refractivity contribution in [1.82, 2.24) is 5.43 Å². The number of amides is 2. The molecule has 2 aromatic rings. The number of hydrogen-bond donors (Lipinski definition) is 2. The molecule has 0 unspecified atom stereocenters. The van der Waals surface area contributed by atoms with Crippen molar-refractivity contribution < 1.29 is 29.2 Å². The lowest BCUT2D eigenvalue weighted by molar-refractivity contribution is -0.386. The zero-order valence-electron chi connectivity index (χ0n) is 15.4. The highest BCUT2D eigenvalue weighted by Crippen LogP contribution is 2.37. The Hall–Kier alpha value is -3.92. The van der Waals surface area contributed by atoms with Crippen LogP contribution in [-0.2, 0) is 14.4 Å². The van der Waals surface area contributed by atoms with Gasteiger partial charge in [-0.15, -0.1) is 0 Å². The van der Waals surface area contributed by atoms with Crippen molar-refractivity contribution >= 4 is 46.8 Å². The van der Waals surface area contributed by atoms with Crippen LogP contribution in [0, 0.1) is 10.1 Å². The number of halogens is 1. The van der Waals surface area contributed by atoms with Crippen molar-refractivity contribution in [3.05, 3.63) is 68.7 Å². The molecule has 0 saturated carbocycles. The summed E-state index contributed by atoms with van der Waals surface area (Å²) >= 11 is 6.06. The number of carboxylic acids is 1. The number of nitro groups is 1. The van der Waals surface area contributed by atoms with Crippen LogP contribution in [0.15, 0.2) is 48.0 Å². The molecule has 1 saturated heterocycles. The van der Waals surface area contributed by atoms with E-state index in [1.54, 1.807) is 30.3 Å². The van der Waals surface area contributed by atoms with Crippen molar-refractivity contribution in [3.8, 4) is 5.75 Å². The Morgan fingerprint density at radius 1 is 1.30 bits per heavy atom. The lowest BCUT2D eigenvalue weighted by Crippen LogP contribution is -2.35. The Morgan fingerprint density at radius 3 is 2.57 bits per heavy atom. The molecule has 11 heteroatoms. The number of para-hydroxylation sites is 1. The SMILES string of the molecule is C[C@H](Oc1c(Cl)cc(/C=C2/C(=O)NN(c3ccccc3)C2=O)cc1[N+](=O)[O-])C(=O)O. The van der Waals surface area contributed by atoms with Crippen LogP contribution >= 0.6 is 11.6 Å². The van der Waals surface area contributed by atoms with Gasteiger partial charge in [-0.1, -0.05) is 29.8 Å². The second-order valence-corrected chi connectivity index (χ2v) is 6.59. The fourth-order valence-electron chi connectivity index (χ4n) is 2.65.